The Hall–Kier alpha value is -1.65. The quantitative estimate of drug-likeness (QED) is 0.0795. The highest BCUT2D eigenvalue weighted by molar-refractivity contribution is 5.76. The molecule has 0 aliphatic heterocycles. The first kappa shape index (κ1) is 35.4. The highest BCUT2D eigenvalue weighted by atomic mass is 16.3. The molecule has 0 aromatic rings. The van der Waals surface area contributed by atoms with E-state index in [1.54, 1.807) is 6.08 Å². The van der Waals surface area contributed by atoms with Gasteiger partial charge in [-0.3, -0.25) is 4.79 Å². The number of carbonyl (C=O) groups excluding carboxylic acids is 1. The van der Waals surface area contributed by atoms with Crippen molar-refractivity contribution in [2.75, 3.05) is 6.61 Å². The largest absolute Gasteiger partial charge is 0.394 e. The molecule has 4 nitrogen and oxygen atoms in total. The van der Waals surface area contributed by atoms with Crippen LogP contribution in [0, 0.1) is 0 Å². The molecule has 0 aromatic heterocycles. The minimum atomic E-state index is -0.868. The van der Waals surface area contributed by atoms with Crippen LogP contribution in [0.2, 0.25) is 0 Å². The summed E-state index contributed by atoms with van der Waals surface area (Å²) in [7, 11) is 0. The first-order valence-electron chi connectivity index (χ1n) is 15.4. The molecular weight excluding hydrogens is 458 g/mol. The third-order valence-corrected chi connectivity index (χ3v) is 6.52. The Balaban J connectivity index is 3.73. The van der Waals surface area contributed by atoms with Crippen molar-refractivity contribution in [3.05, 3.63) is 48.6 Å². The van der Waals surface area contributed by atoms with Gasteiger partial charge in [-0.15, -0.1) is 0 Å². The van der Waals surface area contributed by atoms with Gasteiger partial charge >= 0.3 is 0 Å². The van der Waals surface area contributed by atoms with Crippen LogP contribution < -0.4 is 5.32 Å². The summed E-state index contributed by atoms with van der Waals surface area (Å²) in [5.74, 6) is -0.0898. The van der Waals surface area contributed by atoms with Crippen LogP contribution in [0.3, 0.4) is 0 Å². The molecule has 214 valence electrons. The van der Waals surface area contributed by atoms with Crippen molar-refractivity contribution in [2.24, 2.45) is 0 Å². The van der Waals surface area contributed by atoms with E-state index >= 15 is 0 Å². The first-order chi connectivity index (χ1) is 18.2. The van der Waals surface area contributed by atoms with Gasteiger partial charge in [0, 0.05) is 6.42 Å². The number of allylic oxidation sites excluding steroid dienone is 7. The van der Waals surface area contributed by atoms with Gasteiger partial charge in [-0.05, 0) is 64.2 Å². The number of hydrogen-bond donors (Lipinski definition) is 3. The van der Waals surface area contributed by atoms with E-state index in [1.807, 2.05) is 6.08 Å². The fourth-order valence-electron chi connectivity index (χ4n) is 4.15. The summed E-state index contributed by atoms with van der Waals surface area (Å²) < 4.78 is 0. The Bertz CT molecular complexity index is 609. The van der Waals surface area contributed by atoms with Crippen molar-refractivity contribution in [3.8, 4) is 0 Å². The fourth-order valence-corrected chi connectivity index (χ4v) is 4.15. The van der Waals surface area contributed by atoms with E-state index in [9.17, 15) is 15.0 Å². The summed E-state index contributed by atoms with van der Waals surface area (Å²) in [5, 5.41) is 22.7. The minimum Gasteiger partial charge on any atom is -0.394 e. The Morgan fingerprint density at radius 1 is 0.649 bits per heavy atom. The molecule has 0 radical (unpaired) electrons. The lowest BCUT2D eigenvalue weighted by Gasteiger charge is -2.19. The number of carbonyl (C=O) groups is 1. The normalized spacial score (nSPS) is 13.9. The molecule has 0 aliphatic rings. The smallest absolute Gasteiger partial charge is 0.220 e. The molecule has 0 saturated carbocycles. The van der Waals surface area contributed by atoms with Gasteiger partial charge in [0.05, 0.1) is 18.8 Å². The maximum absolute atomic E-state index is 12.2. The second-order valence-corrected chi connectivity index (χ2v) is 10.1. The van der Waals surface area contributed by atoms with E-state index in [-0.39, 0.29) is 12.5 Å². The van der Waals surface area contributed by atoms with Crippen molar-refractivity contribution >= 4 is 5.91 Å². The lowest BCUT2D eigenvalue weighted by atomic mass is 10.1. The Morgan fingerprint density at radius 2 is 1.14 bits per heavy atom. The molecule has 2 atom stereocenters. The van der Waals surface area contributed by atoms with Gasteiger partial charge < -0.3 is 15.5 Å². The van der Waals surface area contributed by atoms with Crippen LogP contribution in [0.4, 0.5) is 0 Å². The Labute approximate surface area is 229 Å². The predicted molar refractivity (Wildman–Crippen MR) is 161 cm³/mol. The summed E-state index contributed by atoms with van der Waals surface area (Å²) in [6, 6.07) is -0.643. The first-order valence-corrected chi connectivity index (χ1v) is 15.4. The highest BCUT2D eigenvalue weighted by Gasteiger charge is 2.17. The summed E-state index contributed by atoms with van der Waals surface area (Å²) in [6.07, 6.45) is 37.6. The van der Waals surface area contributed by atoms with Crippen molar-refractivity contribution < 1.29 is 15.0 Å². The lowest BCUT2D eigenvalue weighted by molar-refractivity contribution is -0.123. The van der Waals surface area contributed by atoms with Crippen LogP contribution in [-0.4, -0.2) is 34.9 Å². The van der Waals surface area contributed by atoms with Crippen LogP contribution in [0.15, 0.2) is 48.6 Å². The molecule has 0 saturated heterocycles. The topological polar surface area (TPSA) is 69.6 Å². The van der Waals surface area contributed by atoms with Crippen LogP contribution in [-0.2, 0) is 4.79 Å². The predicted octanol–water partition coefficient (Wildman–Crippen LogP) is 8.50. The maximum Gasteiger partial charge on any atom is 0.220 e. The number of amides is 1. The maximum atomic E-state index is 12.2. The van der Waals surface area contributed by atoms with Crippen molar-refractivity contribution in [2.45, 2.75) is 148 Å². The highest BCUT2D eigenvalue weighted by Crippen LogP contribution is 2.11. The molecule has 1 amide bonds. The zero-order chi connectivity index (χ0) is 27.2. The van der Waals surface area contributed by atoms with Gasteiger partial charge in [0.25, 0.3) is 0 Å². The summed E-state index contributed by atoms with van der Waals surface area (Å²) in [5.41, 5.74) is 0. The van der Waals surface area contributed by atoms with E-state index in [2.05, 4.69) is 55.6 Å². The van der Waals surface area contributed by atoms with Gasteiger partial charge in [0.1, 0.15) is 0 Å². The molecule has 0 rings (SSSR count). The molecule has 0 aromatic carbocycles. The van der Waals surface area contributed by atoms with Crippen LogP contribution in [0.25, 0.3) is 0 Å². The third kappa shape index (κ3) is 25.8. The van der Waals surface area contributed by atoms with E-state index < -0.39 is 12.1 Å². The second-order valence-electron chi connectivity index (χ2n) is 10.1. The molecule has 3 N–H and O–H groups in total. The van der Waals surface area contributed by atoms with E-state index in [1.165, 1.54) is 70.6 Å². The third-order valence-electron chi connectivity index (χ3n) is 6.52. The van der Waals surface area contributed by atoms with Gasteiger partial charge in [-0.2, -0.15) is 0 Å². The second kappa shape index (κ2) is 28.9. The SMILES string of the molecule is CC/C=C/CC/C=C/CC/C=C/C(O)C(CO)NC(=O)CCCCCCCCC/C=C\CCCCCC. The summed E-state index contributed by atoms with van der Waals surface area (Å²) in [4.78, 5) is 12.2. The molecule has 0 fully saturated rings. The average Bonchev–Trinajstić information content (AvgIpc) is 2.90. The molecule has 4 heteroatoms. The molecule has 0 spiro atoms. The molecule has 37 heavy (non-hydrogen) atoms. The number of aliphatic hydroxyl groups excluding tert-OH is 2. The van der Waals surface area contributed by atoms with Gasteiger partial charge in [-0.1, -0.05) is 114 Å². The van der Waals surface area contributed by atoms with Gasteiger partial charge in [-0.25, -0.2) is 0 Å². The van der Waals surface area contributed by atoms with Crippen LogP contribution in [0.1, 0.15) is 136 Å². The van der Waals surface area contributed by atoms with Crippen LogP contribution >= 0.6 is 0 Å². The lowest BCUT2D eigenvalue weighted by Crippen LogP contribution is -2.45. The monoisotopic (exact) mass is 517 g/mol. The van der Waals surface area contributed by atoms with E-state index in [0.717, 1.165) is 44.9 Å². The van der Waals surface area contributed by atoms with Crippen molar-refractivity contribution in [1.29, 1.82) is 0 Å². The number of rotatable bonds is 26. The molecule has 2 unspecified atom stereocenters. The molecular formula is C33H59NO3. The van der Waals surface area contributed by atoms with Gasteiger partial charge in [0.15, 0.2) is 0 Å². The Kier molecular flexibility index (Phi) is 27.6. The van der Waals surface area contributed by atoms with Crippen molar-refractivity contribution in [1.82, 2.24) is 5.32 Å². The zero-order valence-corrected chi connectivity index (χ0v) is 24.2. The summed E-state index contributed by atoms with van der Waals surface area (Å²) >= 11 is 0. The number of unbranched alkanes of at least 4 members (excludes halogenated alkanes) is 13. The van der Waals surface area contributed by atoms with Crippen molar-refractivity contribution in [3.63, 3.8) is 0 Å². The zero-order valence-electron chi connectivity index (χ0n) is 24.2. The van der Waals surface area contributed by atoms with Crippen LogP contribution in [0.5, 0.6) is 0 Å². The molecule has 0 aliphatic carbocycles. The molecule has 0 bridgehead atoms. The fraction of sp³-hybridized carbons (Fsp3) is 0.727. The Morgan fingerprint density at radius 3 is 1.70 bits per heavy atom. The minimum absolute atomic E-state index is 0.0898. The van der Waals surface area contributed by atoms with Gasteiger partial charge in [0.2, 0.25) is 5.91 Å². The van der Waals surface area contributed by atoms with E-state index in [0.29, 0.717) is 6.42 Å². The molecule has 0 heterocycles. The number of aliphatic hydroxyl groups is 2. The number of hydrogen-bond acceptors (Lipinski definition) is 3. The van der Waals surface area contributed by atoms with E-state index in [4.69, 9.17) is 0 Å². The summed E-state index contributed by atoms with van der Waals surface area (Å²) in [6.45, 7) is 4.12. The average molecular weight is 518 g/mol. The standard InChI is InChI=1S/C33H59NO3/c1-3-5-7-9-11-13-15-16-17-18-19-21-23-25-27-29-33(37)34-31(30-35)32(36)28-26-24-22-20-14-12-10-8-6-4-2/h6,8,13-15,20,26,28,31-32,35-36H,3-5,7,9-12,16-19,21-25,27,29-30H2,1-2H3,(H,34,37)/b8-6+,15-13-,20-14+,28-26+. The number of nitrogens with one attached hydrogen (secondary N) is 1.